The van der Waals surface area contributed by atoms with Crippen LogP contribution in [0.3, 0.4) is 0 Å². The van der Waals surface area contributed by atoms with E-state index < -0.39 is 0 Å². The van der Waals surface area contributed by atoms with E-state index in [0.717, 1.165) is 17.7 Å². The van der Waals surface area contributed by atoms with Gasteiger partial charge < -0.3 is 5.73 Å². The van der Waals surface area contributed by atoms with Crippen LogP contribution in [0.15, 0.2) is 36.5 Å². The van der Waals surface area contributed by atoms with Crippen molar-refractivity contribution >= 4 is 22.7 Å². The van der Waals surface area contributed by atoms with Gasteiger partial charge in [0.2, 0.25) is 0 Å². The second-order valence-corrected chi connectivity index (χ2v) is 5.68. The molecule has 1 aromatic heterocycles. The molecule has 0 saturated heterocycles. The topological polar surface area (TPSA) is 38.9 Å². The molecule has 2 nitrogen and oxygen atoms in total. The lowest BCUT2D eigenvalue weighted by Crippen LogP contribution is -2.25. The standard InChI is InChI=1S/C15H20N2S/c1-2-9-18-11-13(16)10-12-7-8-17-15-6-4-3-5-14(12)15/h3-8,13H,2,9-11,16H2,1H3. The van der Waals surface area contributed by atoms with Crippen LogP contribution in [0.1, 0.15) is 18.9 Å². The van der Waals surface area contributed by atoms with E-state index in [1.165, 1.54) is 23.1 Å². The zero-order valence-corrected chi connectivity index (χ0v) is 11.6. The van der Waals surface area contributed by atoms with E-state index in [-0.39, 0.29) is 6.04 Å². The molecule has 0 spiro atoms. The zero-order chi connectivity index (χ0) is 12.8. The van der Waals surface area contributed by atoms with Crippen LogP contribution in [0.5, 0.6) is 0 Å². The van der Waals surface area contributed by atoms with Crippen molar-refractivity contribution in [2.24, 2.45) is 5.73 Å². The van der Waals surface area contributed by atoms with Crippen molar-refractivity contribution in [3.05, 3.63) is 42.1 Å². The van der Waals surface area contributed by atoms with Gasteiger partial charge in [0, 0.05) is 23.4 Å². The molecule has 2 aromatic rings. The monoisotopic (exact) mass is 260 g/mol. The highest BCUT2D eigenvalue weighted by Gasteiger charge is 2.07. The summed E-state index contributed by atoms with van der Waals surface area (Å²) in [6, 6.07) is 10.6. The molecule has 2 N–H and O–H groups in total. The molecule has 0 saturated carbocycles. The molecule has 1 heterocycles. The Morgan fingerprint density at radius 1 is 1.28 bits per heavy atom. The number of hydrogen-bond acceptors (Lipinski definition) is 3. The summed E-state index contributed by atoms with van der Waals surface area (Å²) in [4.78, 5) is 4.38. The molecule has 1 aromatic carbocycles. The SMILES string of the molecule is CCCSCC(N)Cc1ccnc2ccccc12. The van der Waals surface area contributed by atoms with Gasteiger partial charge in [-0.05, 0) is 36.3 Å². The first kappa shape index (κ1) is 13.4. The minimum atomic E-state index is 0.229. The van der Waals surface area contributed by atoms with Crippen LogP contribution >= 0.6 is 11.8 Å². The molecule has 0 fully saturated rings. The Balaban J connectivity index is 2.07. The van der Waals surface area contributed by atoms with Crippen molar-refractivity contribution in [2.45, 2.75) is 25.8 Å². The number of nitrogens with zero attached hydrogens (tertiary/aromatic N) is 1. The molecule has 96 valence electrons. The third-order valence-corrected chi connectivity index (χ3v) is 4.26. The van der Waals surface area contributed by atoms with Crippen LogP contribution in [0.2, 0.25) is 0 Å². The lowest BCUT2D eigenvalue weighted by atomic mass is 10.0. The van der Waals surface area contributed by atoms with Gasteiger partial charge in [-0.1, -0.05) is 25.1 Å². The highest BCUT2D eigenvalue weighted by molar-refractivity contribution is 7.99. The maximum atomic E-state index is 6.20. The van der Waals surface area contributed by atoms with Crippen LogP contribution in [-0.2, 0) is 6.42 Å². The quantitative estimate of drug-likeness (QED) is 0.810. The summed E-state index contributed by atoms with van der Waals surface area (Å²) in [5.41, 5.74) is 8.57. The lowest BCUT2D eigenvalue weighted by molar-refractivity contribution is 0.751. The highest BCUT2D eigenvalue weighted by atomic mass is 32.2. The van der Waals surface area contributed by atoms with Crippen LogP contribution in [0.25, 0.3) is 10.9 Å². The van der Waals surface area contributed by atoms with Crippen molar-refractivity contribution in [1.82, 2.24) is 4.98 Å². The summed E-state index contributed by atoms with van der Waals surface area (Å²) in [6.07, 6.45) is 4.03. The number of para-hydroxylation sites is 1. The van der Waals surface area contributed by atoms with Crippen LogP contribution < -0.4 is 5.73 Å². The molecular formula is C15H20N2S. The predicted octanol–water partition coefficient (Wildman–Crippen LogP) is 3.25. The van der Waals surface area contributed by atoms with E-state index in [1.54, 1.807) is 0 Å². The maximum Gasteiger partial charge on any atom is 0.0704 e. The van der Waals surface area contributed by atoms with E-state index in [0.29, 0.717) is 0 Å². The van der Waals surface area contributed by atoms with Gasteiger partial charge in [0.25, 0.3) is 0 Å². The highest BCUT2D eigenvalue weighted by Crippen LogP contribution is 2.18. The van der Waals surface area contributed by atoms with Gasteiger partial charge in [0.15, 0.2) is 0 Å². The number of aromatic nitrogens is 1. The fourth-order valence-corrected chi connectivity index (χ4v) is 2.93. The molecule has 1 atom stereocenters. The van der Waals surface area contributed by atoms with E-state index in [2.05, 4.69) is 36.2 Å². The molecule has 1 unspecified atom stereocenters. The van der Waals surface area contributed by atoms with Gasteiger partial charge in [-0.3, -0.25) is 4.98 Å². The minimum Gasteiger partial charge on any atom is -0.327 e. The first-order chi connectivity index (χ1) is 8.81. The summed E-state index contributed by atoms with van der Waals surface area (Å²) >= 11 is 1.95. The molecule has 0 aliphatic carbocycles. The number of thioether (sulfide) groups is 1. The Morgan fingerprint density at radius 2 is 2.11 bits per heavy atom. The third kappa shape index (κ3) is 3.47. The Labute approximate surface area is 113 Å². The van der Waals surface area contributed by atoms with Crippen molar-refractivity contribution in [2.75, 3.05) is 11.5 Å². The molecule has 0 aliphatic rings. The Bertz CT molecular complexity index is 493. The summed E-state index contributed by atoms with van der Waals surface area (Å²) in [5.74, 6) is 2.23. The third-order valence-electron chi connectivity index (χ3n) is 2.90. The molecule has 2 rings (SSSR count). The molecule has 18 heavy (non-hydrogen) atoms. The number of rotatable bonds is 6. The van der Waals surface area contributed by atoms with Crippen molar-refractivity contribution in [3.63, 3.8) is 0 Å². The number of fused-ring (bicyclic) bond motifs is 1. The van der Waals surface area contributed by atoms with E-state index in [9.17, 15) is 0 Å². The van der Waals surface area contributed by atoms with Crippen molar-refractivity contribution in [3.8, 4) is 0 Å². The summed E-state index contributed by atoms with van der Waals surface area (Å²) in [5, 5.41) is 1.23. The van der Waals surface area contributed by atoms with Crippen molar-refractivity contribution < 1.29 is 0 Å². The minimum absolute atomic E-state index is 0.229. The van der Waals surface area contributed by atoms with Gasteiger partial charge in [-0.25, -0.2) is 0 Å². The lowest BCUT2D eigenvalue weighted by Gasteiger charge is -2.12. The molecular weight excluding hydrogens is 240 g/mol. The molecule has 0 bridgehead atoms. The van der Waals surface area contributed by atoms with Crippen molar-refractivity contribution in [1.29, 1.82) is 0 Å². The summed E-state index contributed by atoms with van der Waals surface area (Å²) in [6.45, 7) is 2.20. The van der Waals surface area contributed by atoms with E-state index >= 15 is 0 Å². The Morgan fingerprint density at radius 3 is 2.94 bits per heavy atom. The molecule has 0 radical (unpaired) electrons. The van der Waals surface area contributed by atoms with E-state index in [1.807, 2.05) is 24.0 Å². The molecule has 0 amide bonds. The van der Waals surface area contributed by atoms with Crippen LogP contribution in [-0.4, -0.2) is 22.5 Å². The van der Waals surface area contributed by atoms with Crippen LogP contribution in [0.4, 0.5) is 0 Å². The number of benzene rings is 1. The van der Waals surface area contributed by atoms with Gasteiger partial charge in [-0.2, -0.15) is 11.8 Å². The van der Waals surface area contributed by atoms with Gasteiger partial charge in [0.05, 0.1) is 5.52 Å². The fraction of sp³-hybridized carbons (Fsp3) is 0.400. The molecule has 0 aliphatic heterocycles. The Hall–Kier alpha value is -1.06. The van der Waals surface area contributed by atoms with Gasteiger partial charge in [-0.15, -0.1) is 0 Å². The fourth-order valence-electron chi connectivity index (χ4n) is 2.05. The second-order valence-electron chi connectivity index (χ2n) is 4.53. The van der Waals surface area contributed by atoms with Crippen LogP contribution in [0, 0.1) is 0 Å². The Kier molecular flexibility index (Phi) is 5.02. The first-order valence-electron chi connectivity index (χ1n) is 6.47. The summed E-state index contributed by atoms with van der Waals surface area (Å²) in [7, 11) is 0. The average molecular weight is 260 g/mol. The zero-order valence-electron chi connectivity index (χ0n) is 10.8. The normalized spacial score (nSPS) is 12.8. The molecule has 3 heteroatoms. The second kappa shape index (κ2) is 6.76. The maximum absolute atomic E-state index is 6.20. The number of nitrogens with two attached hydrogens (primary N) is 1. The first-order valence-corrected chi connectivity index (χ1v) is 7.62. The predicted molar refractivity (Wildman–Crippen MR) is 81.0 cm³/mol. The van der Waals surface area contributed by atoms with Gasteiger partial charge >= 0.3 is 0 Å². The largest absolute Gasteiger partial charge is 0.327 e. The number of pyridine rings is 1. The summed E-state index contributed by atoms with van der Waals surface area (Å²) < 4.78 is 0. The van der Waals surface area contributed by atoms with Gasteiger partial charge in [0.1, 0.15) is 0 Å². The average Bonchev–Trinajstić information content (AvgIpc) is 2.39. The van der Waals surface area contributed by atoms with E-state index in [4.69, 9.17) is 5.73 Å². The smallest absolute Gasteiger partial charge is 0.0704 e. The number of hydrogen-bond donors (Lipinski definition) is 1.